The van der Waals surface area contributed by atoms with Gasteiger partial charge in [0.25, 0.3) is 0 Å². The highest BCUT2D eigenvalue weighted by atomic mass is 19.1. The molecule has 1 unspecified atom stereocenters. The molecule has 1 aromatic rings. The summed E-state index contributed by atoms with van der Waals surface area (Å²) in [5.41, 5.74) is 0.655. The van der Waals surface area contributed by atoms with Crippen molar-refractivity contribution in [2.24, 2.45) is 0 Å². The Morgan fingerprint density at radius 3 is 2.57 bits per heavy atom. The van der Waals surface area contributed by atoms with Crippen molar-refractivity contribution < 1.29 is 13.5 Å². The van der Waals surface area contributed by atoms with Gasteiger partial charge in [-0.3, -0.25) is 0 Å². The molecular formula is C16H24F2N2O. The Hall–Kier alpha value is -1.20. The molecule has 1 fully saturated rings. The van der Waals surface area contributed by atoms with Crippen molar-refractivity contribution in [1.82, 2.24) is 5.32 Å². The summed E-state index contributed by atoms with van der Waals surface area (Å²) in [7, 11) is 1.71. The Morgan fingerprint density at radius 2 is 2.00 bits per heavy atom. The normalized spacial score (nSPS) is 18.8. The monoisotopic (exact) mass is 298 g/mol. The van der Waals surface area contributed by atoms with Crippen LogP contribution in [0.5, 0.6) is 0 Å². The third kappa shape index (κ3) is 4.38. The van der Waals surface area contributed by atoms with Gasteiger partial charge >= 0.3 is 0 Å². The zero-order valence-electron chi connectivity index (χ0n) is 12.8. The van der Waals surface area contributed by atoms with E-state index in [9.17, 15) is 8.78 Å². The molecule has 1 aliphatic heterocycles. The standard InChI is InChI=1S/C16H24F2N2O/c1-3-19-10-12-8-14(17)16(15(18)9-12)20(2)11-13-6-4-5-7-21-13/h8-9,13,19H,3-7,10-11H2,1-2H3. The van der Waals surface area contributed by atoms with Gasteiger partial charge in [-0.15, -0.1) is 0 Å². The number of benzene rings is 1. The smallest absolute Gasteiger partial charge is 0.149 e. The Balaban J connectivity index is 2.07. The van der Waals surface area contributed by atoms with Crippen molar-refractivity contribution in [2.75, 3.05) is 31.6 Å². The number of anilines is 1. The van der Waals surface area contributed by atoms with Crippen LogP contribution in [-0.2, 0) is 11.3 Å². The van der Waals surface area contributed by atoms with Gasteiger partial charge in [-0.25, -0.2) is 8.78 Å². The number of nitrogens with zero attached hydrogens (tertiary/aromatic N) is 1. The van der Waals surface area contributed by atoms with Crippen molar-refractivity contribution in [3.63, 3.8) is 0 Å². The predicted octanol–water partition coefficient (Wildman–Crippen LogP) is 3.08. The van der Waals surface area contributed by atoms with E-state index in [1.807, 2.05) is 6.92 Å². The first-order valence-electron chi connectivity index (χ1n) is 7.63. The molecule has 21 heavy (non-hydrogen) atoms. The molecule has 1 aliphatic rings. The van der Waals surface area contributed by atoms with Crippen molar-refractivity contribution >= 4 is 5.69 Å². The van der Waals surface area contributed by atoms with Gasteiger partial charge in [-0.1, -0.05) is 6.92 Å². The molecule has 0 spiro atoms. The van der Waals surface area contributed by atoms with E-state index in [0.717, 1.165) is 32.4 Å². The topological polar surface area (TPSA) is 24.5 Å². The van der Waals surface area contributed by atoms with Gasteiger partial charge in [0, 0.05) is 26.7 Å². The lowest BCUT2D eigenvalue weighted by atomic mass is 10.1. The van der Waals surface area contributed by atoms with Gasteiger partial charge in [0.1, 0.15) is 17.3 Å². The lowest BCUT2D eigenvalue weighted by Gasteiger charge is -2.29. The second kappa shape index (κ2) is 7.71. The van der Waals surface area contributed by atoms with Gasteiger partial charge in [0.2, 0.25) is 0 Å². The summed E-state index contributed by atoms with van der Waals surface area (Å²) in [5.74, 6) is -1.03. The maximum Gasteiger partial charge on any atom is 0.149 e. The Labute approximate surface area is 125 Å². The SMILES string of the molecule is CCNCc1cc(F)c(N(C)CC2CCCCO2)c(F)c1. The van der Waals surface area contributed by atoms with Gasteiger partial charge in [0.15, 0.2) is 0 Å². The fourth-order valence-corrected chi connectivity index (χ4v) is 2.70. The average Bonchev–Trinajstić information content (AvgIpc) is 2.45. The Kier molecular flexibility index (Phi) is 5.94. The minimum Gasteiger partial charge on any atom is -0.376 e. The molecule has 0 radical (unpaired) electrons. The zero-order valence-corrected chi connectivity index (χ0v) is 12.8. The maximum absolute atomic E-state index is 14.2. The van der Waals surface area contributed by atoms with Crippen LogP contribution in [-0.4, -0.2) is 32.8 Å². The molecule has 3 nitrogen and oxygen atoms in total. The fourth-order valence-electron chi connectivity index (χ4n) is 2.70. The summed E-state index contributed by atoms with van der Waals surface area (Å²) in [4.78, 5) is 1.62. The van der Waals surface area contributed by atoms with E-state index < -0.39 is 11.6 Å². The van der Waals surface area contributed by atoms with Crippen LogP contribution >= 0.6 is 0 Å². The van der Waals surface area contributed by atoms with Crippen LogP contribution < -0.4 is 10.2 Å². The molecular weight excluding hydrogens is 274 g/mol. The van der Waals surface area contributed by atoms with E-state index in [4.69, 9.17) is 4.74 Å². The van der Waals surface area contributed by atoms with Crippen LogP contribution in [0.15, 0.2) is 12.1 Å². The number of hydrogen-bond donors (Lipinski definition) is 1. The molecule has 0 aromatic heterocycles. The first kappa shape index (κ1) is 16.2. The predicted molar refractivity (Wildman–Crippen MR) is 80.6 cm³/mol. The van der Waals surface area contributed by atoms with E-state index in [-0.39, 0.29) is 11.8 Å². The largest absolute Gasteiger partial charge is 0.376 e. The number of likely N-dealkylation sites (N-methyl/N-ethyl adjacent to an activating group) is 1. The van der Waals surface area contributed by atoms with E-state index in [1.165, 1.54) is 12.1 Å². The van der Waals surface area contributed by atoms with E-state index in [2.05, 4.69) is 5.32 Å². The number of nitrogens with one attached hydrogen (secondary N) is 1. The Bertz CT molecular complexity index is 439. The van der Waals surface area contributed by atoms with E-state index >= 15 is 0 Å². The molecule has 2 rings (SSSR count). The average molecular weight is 298 g/mol. The maximum atomic E-state index is 14.2. The van der Waals surface area contributed by atoms with Crippen LogP contribution in [0.2, 0.25) is 0 Å². The van der Waals surface area contributed by atoms with Crippen molar-refractivity contribution in [1.29, 1.82) is 0 Å². The Morgan fingerprint density at radius 1 is 1.29 bits per heavy atom. The van der Waals surface area contributed by atoms with Gasteiger partial charge in [-0.05, 0) is 43.5 Å². The summed E-state index contributed by atoms with van der Waals surface area (Å²) in [6.45, 7) is 4.45. The molecule has 1 atom stereocenters. The number of ether oxygens (including phenoxy) is 1. The van der Waals surface area contributed by atoms with Gasteiger partial charge in [-0.2, -0.15) is 0 Å². The number of halogens is 2. The van der Waals surface area contributed by atoms with Gasteiger partial charge < -0.3 is 15.0 Å². The lowest BCUT2D eigenvalue weighted by molar-refractivity contribution is 0.0215. The molecule has 5 heteroatoms. The quantitative estimate of drug-likeness (QED) is 0.873. The molecule has 1 aromatic carbocycles. The molecule has 1 heterocycles. The van der Waals surface area contributed by atoms with Crippen molar-refractivity contribution in [2.45, 2.75) is 38.8 Å². The lowest BCUT2D eigenvalue weighted by Crippen LogP contribution is -2.34. The summed E-state index contributed by atoms with van der Waals surface area (Å²) < 4.78 is 34.0. The highest BCUT2D eigenvalue weighted by molar-refractivity contribution is 5.50. The first-order valence-corrected chi connectivity index (χ1v) is 7.63. The highest BCUT2D eigenvalue weighted by Crippen LogP contribution is 2.25. The molecule has 0 amide bonds. The van der Waals surface area contributed by atoms with Crippen LogP contribution in [0, 0.1) is 11.6 Å². The zero-order chi connectivity index (χ0) is 15.2. The molecule has 0 bridgehead atoms. The minimum atomic E-state index is -0.513. The third-order valence-corrected chi connectivity index (χ3v) is 3.79. The van der Waals surface area contributed by atoms with Crippen LogP contribution in [0.3, 0.4) is 0 Å². The van der Waals surface area contributed by atoms with Crippen LogP contribution in [0.4, 0.5) is 14.5 Å². The van der Waals surface area contributed by atoms with Crippen LogP contribution in [0.25, 0.3) is 0 Å². The fraction of sp³-hybridized carbons (Fsp3) is 0.625. The summed E-state index contributed by atoms with van der Waals surface area (Å²) in [6.07, 6.45) is 3.20. The third-order valence-electron chi connectivity index (χ3n) is 3.79. The van der Waals surface area contributed by atoms with Gasteiger partial charge in [0.05, 0.1) is 6.10 Å². The second-order valence-electron chi connectivity index (χ2n) is 5.56. The van der Waals surface area contributed by atoms with E-state index in [1.54, 1.807) is 11.9 Å². The molecule has 1 saturated heterocycles. The number of hydrogen-bond acceptors (Lipinski definition) is 3. The second-order valence-corrected chi connectivity index (χ2v) is 5.56. The number of rotatable bonds is 6. The van der Waals surface area contributed by atoms with Crippen molar-refractivity contribution in [3.05, 3.63) is 29.3 Å². The van der Waals surface area contributed by atoms with Crippen molar-refractivity contribution in [3.8, 4) is 0 Å². The first-order chi connectivity index (χ1) is 10.1. The molecule has 0 aliphatic carbocycles. The van der Waals surface area contributed by atoms with Crippen LogP contribution in [0.1, 0.15) is 31.7 Å². The molecule has 0 saturated carbocycles. The summed E-state index contributed by atoms with van der Waals surface area (Å²) in [5, 5.41) is 3.07. The molecule has 1 N–H and O–H groups in total. The molecule has 118 valence electrons. The van der Waals surface area contributed by atoms with E-state index in [0.29, 0.717) is 18.7 Å². The highest BCUT2D eigenvalue weighted by Gasteiger charge is 2.20. The summed E-state index contributed by atoms with van der Waals surface area (Å²) >= 11 is 0. The summed E-state index contributed by atoms with van der Waals surface area (Å²) in [6, 6.07) is 2.80. The minimum absolute atomic E-state index is 0.0319.